The quantitative estimate of drug-likeness (QED) is 0.611. The van der Waals surface area contributed by atoms with E-state index in [-0.39, 0.29) is 5.82 Å². The molecule has 0 radical (unpaired) electrons. The monoisotopic (exact) mass is 168 g/mol. The summed E-state index contributed by atoms with van der Waals surface area (Å²) in [4.78, 5) is 0.669. The van der Waals surface area contributed by atoms with Crippen LogP contribution >= 0.6 is 11.8 Å². The maximum atomic E-state index is 13.2. The van der Waals surface area contributed by atoms with Crippen LogP contribution in [0.1, 0.15) is 5.56 Å². The summed E-state index contributed by atoms with van der Waals surface area (Å²) in [7, 11) is 0. The lowest BCUT2D eigenvalue weighted by Gasteiger charge is -2.00. The number of rotatable bonds is 2. The Morgan fingerprint density at radius 2 is 2.27 bits per heavy atom. The molecule has 0 saturated heterocycles. The molecule has 0 aliphatic rings. The van der Waals surface area contributed by atoms with E-state index in [0.717, 1.165) is 0 Å². The summed E-state index contributed by atoms with van der Waals surface area (Å²) in [5, 5.41) is 0. The third-order valence-corrected chi connectivity index (χ3v) is 2.19. The Hall–Kier alpha value is -0.760. The lowest BCUT2D eigenvalue weighted by molar-refractivity contribution is 0.599. The molecule has 0 atom stereocenters. The van der Waals surface area contributed by atoms with Gasteiger partial charge < -0.3 is 0 Å². The van der Waals surface area contributed by atoms with Crippen molar-refractivity contribution in [3.8, 4) is 0 Å². The summed E-state index contributed by atoms with van der Waals surface area (Å²) in [6.45, 7) is 3.52. The molecule has 0 amide bonds. The molecule has 1 aromatic carbocycles. The lowest BCUT2D eigenvalue weighted by Crippen LogP contribution is -1.83. The molecule has 0 aromatic heterocycles. The zero-order chi connectivity index (χ0) is 8.27. The van der Waals surface area contributed by atoms with Crippen molar-refractivity contribution >= 4 is 17.8 Å². The fourth-order valence-corrected chi connectivity index (χ4v) is 1.35. The minimum absolute atomic E-state index is 0.171. The van der Waals surface area contributed by atoms with Crippen molar-refractivity contribution in [2.45, 2.75) is 4.90 Å². The third kappa shape index (κ3) is 1.63. The molecule has 0 unspecified atom stereocenters. The van der Waals surface area contributed by atoms with E-state index in [1.807, 2.05) is 12.3 Å². The molecule has 0 heterocycles. The smallest absolute Gasteiger partial charge is 0.143 e. The lowest BCUT2D eigenvalue weighted by atomic mass is 10.2. The van der Waals surface area contributed by atoms with E-state index in [4.69, 9.17) is 0 Å². The molecule has 0 aliphatic carbocycles. The first-order valence-electron chi connectivity index (χ1n) is 3.24. The second-order valence-corrected chi connectivity index (χ2v) is 2.92. The second kappa shape index (κ2) is 3.58. The van der Waals surface area contributed by atoms with Crippen LogP contribution in [0.15, 0.2) is 29.7 Å². The molecule has 0 fully saturated rings. The van der Waals surface area contributed by atoms with E-state index in [9.17, 15) is 4.39 Å². The fraction of sp³-hybridized carbons (Fsp3) is 0.111. The van der Waals surface area contributed by atoms with Crippen LogP contribution in [-0.4, -0.2) is 6.26 Å². The Morgan fingerprint density at radius 3 is 2.82 bits per heavy atom. The number of halogens is 1. The highest BCUT2D eigenvalue weighted by atomic mass is 32.2. The minimum Gasteiger partial charge on any atom is -0.205 e. The molecule has 0 spiro atoms. The first-order chi connectivity index (χ1) is 5.29. The molecular formula is C9H9FS. The molecule has 0 bridgehead atoms. The van der Waals surface area contributed by atoms with E-state index in [0.29, 0.717) is 10.5 Å². The maximum absolute atomic E-state index is 13.2. The summed E-state index contributed by atoms with van der Waals surface area (Å²) in [6, 6.07) is 5.29. The van der Waals surface area contributed by atoms with Crippen molar-refractivity contribution in [1.29, 1.82) is 0 Å². The van der Waals surface area contributed by atoms with Gasteiger partial charge in [0, 0.05) is 10.5 Å². The Balaban J connectivity index is 3.20. The second-order valence-electron chi connectivity index (χ2n) is 2.07. The molecular weight excluding hydrogens is 159 g/mol. The van der Waals surface area contributed by atoms with Crippen LogP contribution in [0.2, 0.25) is 0 Å². The Kier molecular flexibility index (Phi) is 2.71. The molecule has 0 nitrogen and oxygen atoms in total. The molecule has 1 rings (SSSR count). The average Bonchev–Trinajstić information content (AvgIpc) is 2.05. The van der Waals surface area contributed by atoms with Gasteiger partial charge in [-0.05, 0) is 12.3 Å². The van der Waals surface area contributed by atoms with Crippen LogP contribution < -0.4 is 0 Å². The SMILES string of the molecule is C=Cc1cccc(SC)c1F. The number of hydrogen-bond acceptors (Lipinski definition) is 1. The molecule has 1 aromatic rings. The van der Waals surface area contributed by atoms with Crippen LogP contribution in [0.4, 0.5) is 4.39 Å². The van der Waals surface area contributed by atoms with Gasteiger partial charge in [-0.3, -0.25) is 0 Å². The average molecular weight is 168 g/mol. The maximum Gasteiger partial charge on any atom is 0.143 e. The zero-order valence-electron chi connectivity index (χ0n) is 6.30. The Bertz CT molecular complexity index is 268. The van der Waals surface area contributed by atoms with Gasteiger partial charge in [0.2, 0.25) is 0 Å². The zero-order valence-corrected chi connectivity index (χ0v) is 7.12. The van der Waals surface area contributed by atoms with Crippen molar-refractivity contribution in [3.05, 3.63) is 36.2 Å². The van der Waals surface area contributed by atoms with Gasteiger partial charge in [0.25, 0.3) is 0 Å². The highest BCUT2D eigenvalue weighted by Crippen LogP contribution is 2.21. The first kappa shape index (κ1) is 8.34. The van der Waals surface area contributed by atoms with E-state index < -0.39 is 0 Å². The molecule has 11 heavy (non-hydrogen) atoms. The van der Waals surface area contributed by atoms with Crippen molar-refractivity contribution in [1.82, 2.24) is 0 Å². The molecule has 0 saturated carbocycles. The van der Waals surface area contributed by atoms with Gasteiger partial charge in [0.15, 0.2) is 0 Å². The van der Waals surface area contributed by atoms with Crippen LogP contribution in [-0.2, 0) is 0 Å². The van der Waals surface area contributed by atoms with Crippen molar-refractivity contribution in [2.75, 3.05) is 6.26 Å². The number of hydrogen-bond donors (Lipinski definition) is 0. The largest absolute Gasteiger partial charge is 0.205 e. The van der Waals surface area contributed by atoms with Gasteiger partial charge in [-0.1, -0.05) is 24.8 Å². The van der Waals surface area contributed by atoms with Crippen molar-refractivity contribution in [2.24, 2.45) is 0 Å². The Labute approximate surface area is 70.1 Å². The van der Waals surface area contributed by atoms with Crippen molar-refractivity contribution < 1.29 is 4.39 Å². The molecule has 58 valence electrons. The molecule has 0 aliphatic heterocycles. The van der Waals surface area contributed by atoms with Gasteiger partial charge >= 0.3 is 0 Å². The predicted molar refractivity (Wildman–Crippen MR) is 48.3 cm³/mol. The summed E-state index contributed by atoms with van der Waals surface area (Å²) in [6.07, 6.45) is 3.38. The number of thioether (sulfide) groups is 1. The van der Waals surface area contributed by atoms with Gasteiger partial charge in [-0.25, -0.2) is 4.39 Å². The van der Waals surface area contributed by atoms with Crippen LogP contribution in [0.25, 0.3) is 6.08 Å². The summed E-state index contributed by atoms with van der Waals surface area (Å²) >= 11 is 1.40. The highest BCUT2D eigenvalue weighted by Gasteiger charge is 2.02. The van der Waals surface area contributed by atoms with Gasteiger partial charge in [-0.15, -0.1) is 11.8 Å². The standard InChI is InChI=1S/C9H9FS/c1-3-7-5-4-6-8(11-2)9(7)10/h3-6H,1H2,2H3. The van der Waals surface area contributed by atoms with Gasteiger partial charge in [-0.2, -0.15) is 0 Å². The van der Waals surface area contributed by atoms with Gasteiger partial charge in [0.1, 0.15) is 5.82 Å². The number of benzene rings is 1. The van der Waals surface area contributed by atoms with Crippen LogP contribution in [0, 0.1) is 5.82 Å². The summed E-state index contributed by atoms with van der Waals surface area (Å²) < 4.78 is 13.2. The topological polar surface area (TPSA) is 0 Å². The minimum atomic E-state index is -0.171. The van der Waals surface area contributed by atoms with E-state index >= 15 is 0 Å². The predicted octanol–water partition coefficient (Wildman–Crippen LogP) is 3.19. The van der Waals surface area contributed by atoms with Crippen LogP contribution in [0.3, 0.4) is 0 Å². The fourth-order valence-electron chi connectivity index (χ4n) is 0.843. The van der Waals surface area contributed by atoms with Gasteiger partial charge in [0.05, 0.1) is 0 Å². The van der Waals surface area contributed by atoms with E-state index in [1.165, 1.54) is 17.8 Å². The summed E-state index contributed by atoms with van der Waals surface area (Å²) in [5.74, 6) is -0.171. The Morgan fingerprint density at radius 1 is 1.55 bits per heavy atom. The van der Waals surface area contributed by atoms with E-state index in [2.05, 4.69) is 6.58 Å². The van der Waals surface area contributed by atoms with Crippen LogP contribution in [0.5, 0.6) is 0 Å². The summed E-state index contributed by atoms with van der Waals surface area (Å²) in [5.41, 5.74) is 0.567. The van der Waals surface area contributed by atoms with E-state index in [1.54, 1.807) is 12.1 Å². The third-order valence-electron chi connectivity index (χ3n) is 1.43. The first-order valence-corrected chi connectivity index (χ1v) is 4.47. The molecule has 0 N–H and O–H groups in total. The highest BCUT2D eigenvalue weighted by molar-refractivity contribution is 7.98. The van der Waals surface area contributed by atoms with Crippen molar-refractivity contribution in [3.63, 3.8) is 0 Å². The normalized spacial score (nSPS) is 9.64. The molecule has 2 heteroatoms.